The highest BCUT2D eigenvalue weighted by Gasteiger charge is 2.47. The lowest BCUT2D eigenvalue weighted by Crippen LogP contribution is -2.57. The summed E-state index contributed by atoms with van der Waals surface area (Å²) in [6.07, 6.45) is 6.40. The second-order valence-corrected chi connectivity index (χ2v) is 14.3. The van der Waals surface area contributed by atoms with E-state index in [0.717, 1.165) is 86.7 Å². The van der Waals surface area contributed by atoms with Gasteiger partial charge in [-0.2, -0.15) is 0 Å². The van der Waals surface area contributed by atoms with Crippen molar-refractivity contribution >= 4 is 28.9 Å². The number of piperidine rings is 1. The maximum absolute atomic E-state index is 14.2. The van der Waals surface area contributed by atoms with Gasteiger partial charge in [-0.05, 0) is 75.1 Å². The molecule has 46 heavy (non-hydrogen) atoms. The molecule has 6 rings (SSSR count). The number of para-hydroxylation sites is 1. The number of amides is 2. The Kier molecular flexibility index (Phi) is 9.59. The van der Waals surface area contributed by atoms with E-state index >= 15 is 0 Å². The third-order valence-electron chi connectivity index (χ3n) is 9.76. The number of hydrogen-bond acceptors (Lipinski definition) is 9. The van der Waals surface area contributed by atoms with Crippen LogP contribution >= 0.6 is 0 Å². The summed E-state index contributed by atoms with van der Waals surface area (Å²) >= 11 is 0. The van der Waals surface area contributed by atoms with Gasteiger partial charge in [-0.1, -0.05) is 45.7 Å². The lowest BCUT2D eigenvalue weighted by atomic mass is 9.85. The number of carbonyl (C=O) groups is 3. The number of benzene rings is 1. The quantitative estimate of drug-likeness (QED) is 0.467. The molecule has 1 aromatic heterocycles. The number of pyridine rings is 1. The number of hydrogen-bond donors (Lipinski definition) is 2. The van der Waals surface area contributed by atoms with Crippen LogP contribution in [0.2, 0.25) is 0 Å². The Morgan fingerprint density at radius 2 is 1.80 bits per heavy atom. The Morgan fingerprint density at radius 3 is 2.57 bits per heavy atom. The zero-order valence-electron chi connectivity index (χ0n) is 27.5. The van der Waals surface area contributed by atoms with E-state index in [1.54, 1.807) is 0 Å². The molecule has 1 saturated carbocycles. The van der Waals surface area contributed by atoms with E-state index < -0.39 is 35.7 Å². The first-order chi connectivity index (χ1) is 22.1. The van der Waals surface area contributed by atoms with Gasteiger partial charge in [-0.25, -0.2) is 14.6 Å². The van der Waals surface area contributed by atoms with Crippen LogP contribution in [0, 0.1) is 11.3 Å². The average molecular weight is 637 g/mol. The molecule has 2 bridgehead atoms. The van der Waals surface area contributed by atoms with Crippen molar-refractivity contribution in [3.8, 4) is 11.6 Å². The highest BCUT2D eigenvalue weighted by Crippen LogP contribution is 2.41. The van der Waals surface area contributed by atoms with E-state index in [0.29, 0.717) is 11.8 Å². The van der Waals surface area contributed by atoms with E-state index in [1.807, 2.05) is 39.0 Å². The van der Waals surface area contributed by atoms with E-state index in [4.69, 9.17) is 23.9 Å². The number of carbonyl (C=O) groups excluding carboxylic acids is 3. The maximum atomic E-state index is 14.2. The molecule has 1 aliphatic carbocycles. The van der Waals surface area contributed by atoms with Crippen LogP contribution < -0.4 is 20.1 Å². The van der Waals surface area contributed by atoms with Crippen molar-refractivity contribution in [1.82, 2.24) is 20.5 Å². The molecule has 2 aromatic rings. The second kappa shape index (κ2) is 13.6. The largest absolute Gasteiger partial charge is 0.489 e. The van der Waals surface area contributed by atoms with Crippen molar-refractivity contribution in [2.45, 2.75) is 109 Å². The molecule has 5 atom stereocenters. The van der Waals surface area contributed by atoms with Crippen LogP contribution in [-0.2, 0) is 25.5 Å². The molecule has 4 heterocycles. The smallest absolute Gasteiger partial charge is 0.408 e. The van der Waals surface area contributed by atoms with Crippen LogP contribution in [0.25, 0.3) is 10.9 Å². The average Bonchev–Trinajstić information content (AvgIpc) is 3.63. The summed E-state index contributed by atoms with van der Waals surface area (Å²) in [4.78, 5) is 46.7. The third-order valence-corrected chi connectivity index (χ3v) is 9.76. The minimum absolute atomic E-state index is 0.0869. The maximum Gasteiger partial charge on any atom is 0.408 e. The fourth-order valence-corrected chi connectivity index (χ4v) is 7.03. The van der Waals surface area contributed by atoms with Gasteiger partial charge in [-0.15, -0.1) is 0 Å². The molecule has 250 valence electrons. The van der Waals surface area contributed by atoms with Crippen LogP contribution in [0.5, 0.6) is 11.6 Å². The van der Waals surface area contributed by atoms with Crippen molar-refractivity contribution < 1.29 is 33.3 Å². The van der Waals surface area contributed by atoms with Gasteiger partial charge in [0.1, 0.15) is 36.1 Å². The van der Waals surface area contributed by atoms with Crippen LogP contribution in [0.15, 0.2) is 24.3 Å². The molecule has 1 aromatic carbocycles. The standard InChI is InChI=1S/C35H48N4O7/c1-35(2,3)30-32(40)39-20-23(19-27(39)33(41)43-4)45-31-25(12-7-5-6-10-21-18-28(21)46-34(42)38-30)29(44-22-14-16-36-17-15-22)24-11-8-9-13-26(24)37-31/h8-9,11,13,21-23,27-28,30,36H,5-7,10,12,14-20H2,1-4H3,(H,38,42)/t21-,23-,27+,28-,30-/m1/s1. The minimum Gasteiger partial charge on any atom is -0.489 e. The van der Waals surface area contributed by atoms with Gasteiger partial charge < -0.3 is 34.5 Å². The lowest BCUT2D eigenvalue weighted by molar-refractivity contribution is -0.152. The van der Waals surface area contributed by atoms with E-state index in [2.05, 4.69) is 16.7 Å². The highest BCUT2D eigenvalue weighted by atomic mass is 16.6. The van der Waals surface area contributed by atoms with Gasteiger partial charge in [0, 0.05) is 11.8 Å². The van der Waals surface area contributed by atoms with Gasteiger partial charge in [0.25, 0.3) is 0 Å². The van der Waals surface area contributed by atoms with Gasteiger partial charge in [-0.3, -0.25) is 4.79 Å². The number of rotatable bonds is 3. The topological polar surface area (TPSA) is 128 Å². The van der Waals surface area contributed by atoms with Crippen molar-refractivity contribution in [2.75, 3.05) is 26.7 Å². The molecule has 11 nitrogen and oxygen atoms in total. The number of alkyl carbamates (subject to hydrolysis) is 1. The Balaban J connectivity index is 1.37. The van der Waals surface area contributed by atoms with Crippen LogP contribution in [0.3, 0.4) is 0 Å². The summed E-state index contributed by atoms with van der Waals surface area (Å²) in [6, 6.07) is 6.20. The van der Waals surface area contributed by atoms with E-state index in [9.17, 15) is 14.4 Å². The SMILES string of the molecule is COC(=O)[C@@H]1C[C@@H]2CN1C(=O)[C@H](C(C)(C)C)NC(=O)O[C@@H]1C[C@H]1CCCCCc1c(nc3ccccc3c1OC1CCNCC1)O2. The first kappa shape index (κ1) is 32.3. The van der Waals surface area contributed by atoms with Crippen molar-refractivity contribution in [2.24, 2.45) is 11.3 Å². The van der Waals surface area contributed by atoms with E-state index in [-0.39, 0.29) is 31.1 Å². The number of nitrogens with one attached hydrogen (secondary N) is 2. The Morgan fingerprint density at radius 1 is 1.02 bits per heavy atom. The molecule has 2 amide bonds. The predicted octanol–water partition coefficient (Wildman–Crippen LogP) is 4.53. The molecule has 0 radical (unpaired) electrons. The molecule has 2 saturated heterocycles. The van der Waals surface area contributed by atoms with Gasteiger partial charge >= 0.3 is 12.1 Å². The zero-order chi connectivity index (χ0) is 32.4. The Bertz CT molecular complexity index is 1440. The van der Waals surface area contributed by atoms with Crippen LogP contribution in [0.1, 0.15) is 77.7 Å². The van der Waals surface area contributed by atoms with Gasteiger partial charge in [0.05, 0.1) is 24.7 Å². The third kappa shape index (κ3) is 7.19. The molecule has 3 fully saturated rings. The summed E-state index contributed by atoms with van der Waals surface area (Å²) < 4.78 is 24.4. The first-order valence-corrected chi connectivity index (χ1v) is 16.9. The fourth-order valence-electron chi connectivity index (χ4n) is 7.03. The molecule has 0 spiro atoms. The molecule has 3 aliphatic heterocycles. The zero-order valence-corrected chi connectivity index (χ0v) is 27.5. The summed E-state index contributed by atoms with van der Waals surface area (Å²) in [7, 11) is 1.32. The summed E-state index contributed by atoms with van der Waals surface area (Å²) in [5, 5.41) is 7.21. The summed E-state index contributed by atoms with van der Waals surface area (Å²) in [5.41, 5.74) is 1.07. The fraction of sp³-hybridized carbons (Fsp3) is 0.657. The molecular formula is C35H48N4O7. The van der Waals surface area contributed by atoms with E-state index in [1.165, 1.54) is 12.0 Å². The normalized spacial score (nSPS) is 28.1. The second-order valence-electron chi connectivity index (χ2n) is 14.3. The monoisotopic (exact) mass is 636 g/mol. The molecule has 2 N–H and O–H groups in total. The lowest BCUT2D eigenvalue weighted by Gasteiger charge is -2.34. The predicted molar refractivity (Wildman–Crippen MR) is 172 cm³/mol. The van der Waals surface area contributed by atoms with Crippen LogP contribution in [0.4, 0.5) is 4.79 Å². The Labute approximate surface area is 271 Å². The molecule has 11 heteroatoms. The summed E-state index contributed by atoms with van der Waals surface area (Å²) in [6.45, 7) is 7.62. The van der Waals surface area contributed by atoms with Gasteiger partial charge in [0.15, 0.2) is 0 Å². The van der Waals surface area contributed by atoms with Crippen molar-refractivity contribution in [1.29, 1.82) is 0 Å². The Hall–Kier alpha value is -3.60. The van der Waals surface area contributed by atoms with Crippen molar-refractivity contribution in [3.05, 3.63) is 29.8 Å². The minimum atomic E-state index is -0.915. The number of fused-ring (bicyclic) bond motifs is 5. The number of methoxy groups -OCH3 is 1. The highest BCUT2D eigenvalue weighted by molar-refractivity contribution is 5.91. The molecule has 0 unspecified atom stereocenters. The molecular weight excluding hydrogens is 588 g/mol. The van der Waals surface area contributed by atoms with Crippen LogP contribution in [-0.4, -0.2) is 85.0 Å². The molecule has 4 aliphatic rings. The number of aromatic nitrogens is 1. The summed E-state index contributed by atoms with van der Waals surface area (Å²) in [5.74, 6) is 0.743. The number of esters is 1. The number of nitrogens with zero attached hydrogens (tertiary/aromatic N) is 2. The number of ether oxygens (including phenoxy) is 4. The van der Waals surface area contributed by atoms with Gasteiger partial charge in [0.2, 0.25) is 11.8 Å². The first-order valence-electron chi connectivity index (χ1n) is 16.9. The van der Waals surface area contributed by atoms with Crippen molar-refractivity contribution in [3.63, 3.8) is 0 Å².